The van der Waals surface area contributed by atoms with Crippen LogP contribution in [-0.2, 0) is 11.3 Å². The summed E-state index contributed by atoms with van der Waals surface area (Å²) < 4.78 is 14.3. The molecule has 1 N–H and O–H groups in total. The second-order valence-corrected chi connectivity index (χ2v) is 3.70. The molecule has 1 heterocycles. The third-order valence-electron chi connectivity index (χ3n) is 2.34. The van der Waals surface area contributed by atoms with Crippen molar-refractivity contribution in [2.24, 2.45) is 0 Å². The molecule has 0 fully saturated rings. The number of halogens is 1. The molecule has 0 saturated heterocycles. The molecule has 1 aromatic heterocycles. The van der Waals surface area contributed by atoms with Gasteiger partial charge in [-0.1, -0.05) is 6.08 Å². The first-order chi connectivity index (χ1) is 9.20. The van der Waals surface area contributed by atoms with E-state index in [1.54, 1.807) is 25.1 Å². The summed E-state index contributed by atoms with van der Waals surface area (Å²) in [6.07, 6.45) is 3.05. The molecule has 98 valence electrons. The van der Waals surface area contributed by atoms with Crippen LogP contribution in [0, 0.1) is 5.82 Å². The minimum atomic E-state index is -0.334. The Morgan fingerprint density at radius 3 is 2.84 bits per heavy atom. The Morgan fingerprint density at radius 1 is 1.42 bits per heavy atom. The van der Waals surface area contributed by atoms with Gasteiger partial charge in [0.1, 0.15) is 5.82 Å². The molecule has 19 heavy (non-hydrogen) atoms. The third kappa shape index (κ3) is 3.21. The number of nitrogens with one attached hydrogen (secondary N) is 1. The number of allylic oxidation sites excluding steroid dienone is 1. The van der Waals surface area contributed by atoms with Crippen molar-refractivity contribution in [1.29, 1.82) is 0 Å². The number of tetrazole rings is 1. The fourth-order valence-electron chi connectivity index (χ4n) is 1.48. The van der Waals surface area contributed by atoms with Crippen LogP contribution in [0.1, 0.15) is 12.7 Å². The predicted molar refractivity (Wildman–Crippen MR) is 65.8 cm³/mol. The van der Waals surface area contributed by atoms with Gasteiger partial charge < -0.3 is 5.32 Å². The first kappa shape index (κ1) is 12.9. The van der Waals surface area contributed by atoms with E-state index in [-0.39, 0.29) is 18.3 Å². The van der Waals surface area contributed by atoms with Gasteiger partial charge in [0.05, 0.1) is 12.2 Å². The van der Waals surface area contributed by atoms with Crippen LogP contribution in [0.4, 0.5) is 4.39 Å². The van der Waals surface area contributed by atoms with Crippen molar-refractivity contribution in [2.75, 3.05) is 0 Å². The summed E-state index contributed by atoms with van der Waals surface area (Å²) in [6.45, 7) is 1.94. The molecule has 0 saturated carbocycles. The lowest BCUT2D eigenvalue weighted by molar-refractivity contribution is -0.116. The van der Waals surface area contributed by atoms with Gasteiger partial charge in [-0.2, -0.15) is 4.68 Å². The minimum Gasteiger partial charge on any atom is -0.345 e. The number of carbonyl (C=O) groups excluding carboxylic acids is 1. The van der Waals surface area contributed by atoms with Crippen LogP contribution in [-0.4, -0.2) is 26.1 Å². The SMILES string of the molecule is C/C=C\C(=O)NCc1nnnn1-c1ccc(F)cc1. The fourth-order valence-corrected chi connectivity index (χ4v) is 1.48. The molecule has 0 radical (unpaired) electrons. The summed E-state index contributed by atoms with van der Waals surface area (Å²) in [7, 11) is 0. The van der Waals surface area contributed by atoms with E-state index in [1.807, 2.05) is 0 Å². The van der Waals surface area contributed by atoms with E-state index in [0.29, 0.717) is 11.5 Å². The van der Waals surface area contributed by atoms with Crippen LogP contribution in [0.15, 0.2) is 36.4 Å². The molecule has 0 bridgehead atoms. The van der Waals surface area contributed by atoms with Crippen LogP contribution < -0.4 is 5.32 Å². The van der Waals surface area contributed by atoms with Crippen molar-refractivity contribution >= 4 is 5.91 Å². The molecule has 7 heteroatoms. The Kier molecular flexibility index (Phi) is 3.97. The number of benzene rings is 1. The summed E-state index contributed by atoms with van der Waals surface area (Å²) in [5, 5.41) is 13.8. The summed E-state index contributed by atoms with van der Waals surface area (Å²) in [5.41, 5.74) is 0.627. The number of rotatable bonds is 4. The molecule has 0 aliphatic heterocycles. The average molecular weight is 261 g/mol. The zero-order valence-electron chi connectivity index (χ0n) is 10.2. The maximum absolute atomic E-state index is 12.8. The number of hydrogen-bond donors (Lipinski definition) is 1. The van der Waals surface area contributed by atoms with Crippen LogP contribution in [0.5, 0.6) is 0 Å². The molecule has 0 aliphatic rings. The van der Waals surface area contributed by atoms with Crippen LogP contribution in [0.25, 0.3) is 5.69 Å². The lowest BCUT2D eigenvalue weighted by Gasteiger charge is -2.04. The maximum atomic E-state index is 12.8. The second-order valence-electron chi connectivity index (χ2n) is 3.70. The normalized spacial score (nSPS) is 10.8. The predicted octanol–water partition coefficient (Wildman–Crippen LogP) is 0.994. The van der Waals surface area contributed by atoms with Crippen LogP contribution in [0.3, 0.4) is 0 Å². The largest absolute Gasteiger partial charge is 0.345 e. The molecule has 0 atom stereocenters. The quantitative estimate of drug-likeness (QED) is 0.833. The molecule has 2 rings (SSSR count). The van der Waals surface area contributed by atoms with Crippen LogP contribution in [0.2, 0.25) is 0 Å². The van der Waals surface area contributed by atoms with Gasteiger partial charge in [-0.05, 0) is 47.7 Å². The lowest BCUT2D eigenvalue weighted by atomic mass is 10.3. The van der Waals surface area contributed by atoms with Gasteiger partial charge in [-0.25, -0.2) is 4.39 Å². The molecule has 1 amide bonds. The lowest BCUT2D eigenvalue weighted by Crippen LogP contribution is -2.22. The van der Waals surface area contributed by atoms with Gasteiger partial charge in [0.15, 0.2) is 5.82 Å². The summed E-state index contributed by atoms with van der Waals surface area (Å²) in [6, 6.07) is 5.75. The number of aromatic nitrogens is 4. The first-order valence-electron chi connectivity index (χ1n) is 5.64. The fraction of sp³-hybridized carbons (Fsp3) is 0.167. The maximum Gasteiger partial charge on any atom is 0.244 e. The topological polar surface area (TPSA) is 72.7 Å². The summed E-state index contributed by atoms with van der Waals surface area (Å²) in [5.74, 6) is -0.0969. The van der Waals surface area contributed by atoms with Crippen molar-refractivity contribution in [3.8, 4) is 5.69 Å². The molecule has 0 aliphatic carbocycles. The Balaban J connectivity index is 2.13. The van der Waals surface area contributed by atoms with Gasteiger partial charge in [-0.15, -0.1) is 5.10 Å². The molecule has 0 spiro atoms. The van der Waals surface area contributed by atoms with Crippen molar-refractivity contribution in [2.45, 2.75) is 13.5 Å². The smallest absolute Gasteiger partial charge is 0.244 e. The van der Waals surface area contributed by atoms with Crippen molar-refractivity contribution in [1.82, 2.24) is 25.5 Å². The van der Waals surface area contributed by atoms with Crippen molar-refractivity contribution in [3.63, 3.8) is 0 Å². The summed E-state index contributed by atoms with van der Waals surface area (Å²) >= 11 is 0. The molecule has 0 unspecified atom stereocenters. The van der Waals surface area contributed by atoms with E-state index in [0.717, 1.165) is 0 Å². The Labute approximate surface area is 108 Å². The monoisotopic (exact) mass is 261 g/mol. The number of hydrogen-bond acceptors (Lipinski definition) is 4. The zero-order valence-corrected chi connectivity index (χ0v) is 10.2. The number of amides is 1. The molecule has 1 aromatic carbocycles. The second kappa shape index (κ2) is 5.85. The highest BCUT2D eigenvalue weighted by atomic mass is 19.1. The molecule has 6 nitrogen and oxygen atoms in total. The standard InChI is InChI=1S/C12H12FN5O/c1-2-3-12(19)14-8-11-15-16-17-18(11)10-6-4-9(13)5-7-10/h2-7H,8H2,1H3,(H,14,19)/b3-2-. The Morgan fingerprint density at radius 2 is 2.16 bits per heavy atom. The Bertz CT molecular complexity index is 590. The van der Waals surface area contributed by atoms with E-state index in [2.05, 4.69) is 20.8 Å². The molecular weight excluding hydrogens is 249 g/mol. The van der Waals surface area contributed by atoms with Gasteiger partial charge in [0, 0.05) is 0 Å². The highest BCUT2D eigenvalue weighted by Crippen LogP contribution is 2.08. The van der Waals surface area contributed by atoms with Crippen LogP contribution >= 0.6 is 0 Å². The Hall–Kier alpha value is -2.57. The van der Waals surface area contributed by atoms with E-state index in [4.69, 9.17) is 0 Å². The van der Waals surface area contributed by atoms with E-state index < -0.39 is 0 Å². The number of carbonyl (C=O) groups is 1. The zero-order chi connectivity index (χ0) is 13.7. The van der Waals surface area contributed by atoms with Crippen molar-refractivity contribution < 1.29 is 9.18 Å². The first-order valence-corrected chi connectivity index (χ1v) is 5.64. The minimum absolute atomic E-state index is 0.188. The van der Waals surface area contributed by atoms with Crippen molar-refractivity contribution in [3.05, 3.63) is 48.1 Å². The number of nitrogens with zero attached hydrogens (tertiary/aromatic N) is 4. The van der Waals surface area contributed by atoms with Gasteiger partial charge >= 0.3 is 0 Å². The highest BCUT2D eigenvalue weighted by molar-refractivity contribution is 5.87. The highest BCUT2D eigenvalue weighted by Gasteiger charge is 2.08. The van der Waals surface area contributed by atoms with E-state index in [1.165, 1.54) is 22.9 Å². The van der Waals surface area contributed by atoms with Gasteiger partial charge in [0.2, 0.25) is 5.91 Å². The van der Waals surface area contributed by atoms with E-state index >= 15 is 0 Å². The average Bonchev–Trinajstić information content (AvgIpc) is 2.86. The van der Waals surface area contributed by atoms with Gasteiger partial charge in [-0.3, -0.25) is 4.79 Å². The van der Waals surface area contributed by atoms with Gasteiger partial charge in [0.25, 0.3) is 0 Å². The molecular formula is C12H12FN5O. The van der Waals surface area contributed by atoms with E-state index in [9.17, 15) is 9.18 Å². The third-order valence-corrected chi connectivity index (χ3v) is 2.34. The molecule has 2 aromatic rings. The summed E-state index contributed by atoms with van der Waals surface area (Å²) in [4.78, 5) is 11.3.